The first-order valence-electron chi connectivity index (χ1n) is 9.50. The second-order valence-electron chi connectivity index (χ2n) is 7.10. The van der Waals surface area contributed by atoms with Gasteiger partial charge in [-0.25, -0.2) is 9.69 Å². The van der Waals surface area contributed by atoms with E-state index in [1.807, 2.05) is 6.92 Å². The zero-order chi connectivity index (χ0) is 23.0. The molecule has 4 rings (SSSR count). The van der Waals surface area contributed by atoms with Crippen LogP contribution in [0.3, 0.4) is 0 Å². The number of imide groups is 2. The van der Waals surface area contributed by atoms with Crippen LogP contribution in [0.4, 0.5) is 16.2 Å². The predicted molar refractivity (Wildman–Crippen MR) is 118 cm³/mol. The van der Waals surface area contributed by atoms with E-state index in [-0.39, 0.29) is 10.8 Å². The lowest BCUT2D eigenvalue weighted by Crippen LogP contribution is -2.58. The number of para-hydroxylation sites is 1. The van der Waals surface area contributed by atoms with Gasteiger partial charge in [0, 0.05) is 0 Å². The Hall–Kier alpha value is -4.18. The number of benzene rings is 2. The maximum Gasteiger partial charge on any atom is 0.335 e. The molecule has 32 heavy (non-hydrogen) atoms. The van der Waals surface area contributed by atoms with E-state index < -0.39 is 41.2 Å². The molecule has 10 heteroatoms. The zero-order valence-corrected chi connectivity index (χ0v) is 17.5. The fraction of sp³-hybridized carbons (Fsp3) is 0.0909. The molecule has 2 fully saturated rings. The average molecular weight is 448 g/mol. The quantitative estimate of drug-likeness (QED) is 0.319. The molecule has 160 valence electrons. The highest BCUT2D eigenvalue weighted by atomic mass is 32.1. The van der Waals surface area contributed by atoms with E-state index in [4.69, 9.17) is 12.2 Å². The highest BCUT2D eigenvalue weighted by Gasteiger charge is 2.42. The van der Waals surface area contributed by atoms with E-state index in [1.165, 1.54) is 0 Å². The minimum Gasteiger partial charge on any atom is -0.301 e. The highest BCUT2D eigenvalue weighted by molar-refractivity contribution is 7.80. The number of nitrogens with one attached hydrogen (secondary N) is 2. The van der Waals surface area contributed by atoms with Crippen LogP contribution in [-0.2, 0) is 19.2 Å². The minimum atomic E-state index is -1.50. The Morgan fingerprint density at radius 3 is 2.12 bits per heavy atom. The van der Waals surface area contributed by atoms with Gasteiger partial charge in [0.25, 0.3) is 11.8 Å². The van der Waals surface area contributed by atoms with Crippen LogP contribution in [0, 0.1) is 12.8 Å². The fourth-order valence-electron chi connectivity index (χ4n) is 3.33. The van der Waals surface area contributed by atoms with E-state index in [9.17, 15) is 24.0 Å². The molecule has 0 saturated carbocycles. The number of rotatable bonds is 3. The summed E-state index contributed by atoms with van der Waals surface area (Å²) in [6.07, 6.45) is 0.959. The van der Waals surface area contributed by atoms with Gasteiger partial charge in [-0.2, -0.15) is 0 Å². The number of urea groups is 1. The van der Waals surface area contributed by atoms with Gasteiger partial charge in [-0.3, -0.25) is 29.4 Å². The first-order chi connectivity index (χ1) is 15.3. The van der Waals surface area contributed by atoms with Crippen molar-refractivity contribution in [3.63, 3.8) is 0 Å². The van der Waals surface area contributed by atoms with Crippen LogP contribution < -0.4 is 20.4 Å². The number of aryl methyl sites for hydroxylation is 1. The normalized spacial score (nSPS) is 20.5. The van der Waals surface area contributed by atoms with Gasteiger partial charge in [-0.05, 0) is 49.5 Å². The van der Waals surface area contributed by atoms with Crippen LogP contribution in [0.25, 0.3) is 0 Å². The van der Waals surface area contributed by atoms with Crippen molar-refractivity contribution in [1.29, 1.82) is 0 Å². The summed E-state index contributed by atoms with van der Waals surface area (Å²) < 4.78 is 0. The van der Waals surface area contributed by atoms with Gasteiger partial charge < -0.3 is 5.32 Å². The Morgan fingerprint density at radius 2 is 1.47 bits per heavy atom. The van der Waals surface area contributed by atoms with Crippen molar-refractivity contribution in [1.82, 2.24) is 10.6 Å². The molecule has 0 bridgehead atoms. The molecule has 2 aliphatic rings. The van der Waals surface area contributed by atoms with Crippen molar-refractivity contribution in [2.45, 2.75) is 6.92 Å². The molecule has 2 aromatic rings. The Morgan fingerprint density at radius 1 is 0.844 bits per heavy atom. The second kappa shape index (κ2) is 8.16. The van der Waals surface area contributed by atoms with Crippen LogP contribution in [0.5, 0.6) is 0 Å². The summed E-state index contributed by atoms with van der Waals surface area (Å²) in [6, 6.07) is 14.0. The maximum atomic E-state index is 13.1. The summed E-state index contributed by atoms with van der Waals surface area (Å²) >= 11 is 5.13. The lowest BCUT2D eigenvalue weighted by Gasteiger charge is -2.32. The molecule has 0 unspecified atom stereocenters. The molecular weight excluding hydrogens is 432 g/mol. The number of carbonyl (C=O) groups excluding carboxylic acids is 5. The lowest BCUT2D eigenvalue weighted by atomic mass is 9.98. The lowest BCUT2D eigenvalue weighted by molar-refractivity contribution is -0.131. The molecular formula is C22H16N4O5S. The van der Waals surface area contributed by atoms with Gasteiger partial charge in [0.05, 0.1) is 11.4 Å². The Bertz CT molecular complexity index is 1210. The van der Waals surface area contributed by atoms with E-state index in [0.717, 1.165) is 21.4 Å². The van der Waals surface area contributed by atoms with E-state index in [1.54, 1.807) is 54.6 Å². The number of hydrogen-bond acceptors (Lipinski definition) is 6. The molecule has 0 aliphatic carbocycles. The molecule has 2 N–H and O–H groups in total. The molecule has 0 radical (unpaired) electrons. The molecule has 0 aromatic heterocycles. The number of thiocarbonyl (C=S) groups is 1. The van der Waals surface area contributed by atoms with Crippen LogP contribution in [0.2, 0.25) is 0 Å². The van der Waals surface area contributed by atoms with Gasteiger partial charge in [0.15, 0.2) is 5.11 Å². The highest BCUT2D eigenvalue weighted by Crippen LogP contribution is 2.25. The van der Waals surface area contributed by atoms with Crippen molar-refractivity contribution in [3.05, 3.63) is 71.8 Å². The predicted octanol–water partition coefficient (Wildman–Crippen LogP) is 1.57. The van der Waals surface area contributed by atoms with Crippen molar-refractivity contribution < 1.29 is 24.0 Å². The molecule has 6 amide bonds. The summed E-state index contributed by atoms with van der Waals surface area (Å²) in [7, 11) is 0. The smallest absolute Gasteiger partial charge is 0.301 e. The zero-order valence-electron chi connectivity index (χ0n) is 16.7. The molecule has 2 aromatic carbocycles. The Kier molecular flexibility index (Phi) is 5.37. The van der Waals surface area contributed by atoms with E-state index in [2.05, 4.69) is 10.6 Å². The van der Waals surface area contributed by atoms with Gasteiger partial charge in [0.2, 0.25) is 11.8 Å². The molecule has 1 atom stereocenters. The van der Waals surface area contributed by atoms with Gasteiger partial charge in [0.1, 0.15) is 11.5 Å². The van der Waals surface area contributed by atoms with Crippen molar-refractivity contribution in [3.8, 4) is 0 Å². The number of nitrogens with zero attached hydrogens (tertiary/aromatic N) is 2. The van der Waals surface area contributed by atoms with Gasteiger partial charge >= 0.3 is 6.03 Å². The monoisotopic (exact) mass is 448 g/mol. The van der Waals surface area contributed by atoms with E-state index in [0.29, 0.717) is 5.69 Å². The van der Waals surface area contributed by atoms with Crippen molar-refractivity contribution in [2.75, 3.05) is 9.80 Å². The summed E-state index contributed by atoms with van der Waals surface area (Å²) in [6.45, 7) is 1.84. The van der Waals surface area contributed by atoms with Crippen molar-refractivity contribution in [2.24, 2.45) is 5.92 Å². The van der Waals surface area contributed by atoms with Crippen LogP contribution >= 0.6 is 12.2 Å². The first-order valence-corrected chi connectivity index (χ1v) is 9.91. The number of amides is 6. The summed E-state index contributed by atoms with van der Waals surface area (Å²) in [5.74, 6) is -4.94. The Labute approximate surface area is 187 Å². The first kappa shape index (κ1) is 21.1. The van der Waals surface area contributed by atoms with Crippen LogP contribution in [0.1, 0.15) is 5.56 Å². The third kappa shape index (κ3) is 3.67. The standard InChI is InChI=1S/C22H16N4O5S/c1-12-7-9-14(10-8-12)25-19(29)15(17(27)23-21(25)31)11-16-18(28)24-22(32)26(20(16)30)13-5-3-2-4-6-13/h2-11,16H,1H3,(H,23,27,31)(H,24,28,32)/b15-11+/t16-/m1/s1. The largest absolute Gasteiger partial charge is 0.335 e. The average Bonchev–Trinajstić information content (AvgIpc) is 2.75. The molecule has 2 aliphatic heterocycles. The fourth-order valence-corrected chi connectivity index (χ4v) is 3.63. The third-order valence-electron chi connectivity index (χ3n) is 4.94. The van der Waals surface area contributed by atoms with Crippen molar-refractivity contribution >= 4 is 58.4 Å². The number of barbiturate groups is 1. The summed E-state index contributed by atoms with van der Waals surface area (Å²) in [4.78, 5) is 65.3. The van der Waals surface area contributed by atoms with Gasteiger partial charge in [-0.1, -0.05) is 35.9 Å². The maximum absolute atomic E-state index is 13.1. The molecule has 2 saturated heterocycles. The molecule has 9 nitrogen and oxygen atoms in total. The van der Waals surface area contributed by atoms with Crippen LogP contribution in [0.15, 0.2) is 66.2 Å². The Balaban J connectivity index is 1.71. The molecule has 0 spiro atoms. The van der Waals surface area contributed by atoms with Gasteiger partial charge in [-0.15, -0.1) is 0 Å². The van der Waals surface area contributed by atoms with E-state index >= 15 is 0 Å². The minimum absolute atomic E-state index is 0.114. The SMILES string of the molecule is Cc1ccc(N2C(=O)NC(=O)/C(=C\[C@@H]3C(=O)NC(=S)N(c4ccccc4)C3=O)C2=O)cc1. The van der Waals surface area contributed by atoms with Crippen LogP contribution in [-0.4, -0.2) is 34.8 Å². The number of anilines is 2. The number of carbonyl (C=O) groups is 5. The molecule has 2 heterocycles. The topological polar surface area (TPSA) is 116 Å². The number of hydrogen-bond donors (Lipinski definition) is 2. The summed E-state index contributed by atoms with van der Waals surface area (Å²) in [5, 5.41) is 4.37. The second-order valence-corrected chi connectivity index (χ2v) is 7.48. The summed E-state index contributed by atoms with van der Waals surface area (Å²) in [5.41, 5.74) is 1.07. The third-order valence-corrected chi connectivity index (χ3v) is 5.23.